The summed E-state index contributed by atoms with van der Waals surface area (Å²) in [7, 11) is 0. The molecule has 1 amide bonds. The zero-order valence-corrected chi connectivity index (χ0v) is 12.0. The first-order valence-electron chi connectivity index (χ1n) is 6.64. The molecule has 110 valence electrons. The molecule has 8 heteroatoms. The van der Waals surface area contributed by atoms with Crippen LogP contribution >= 0.6 is 0 Å². The van der Waals surface area contributed by atoms with Gasteiger partial charge in [0, 0.05) is 33.1 Å². The van der Waals surface area contributed by atoms with Gasteiger partial charge in [0.15, 0.2) is 0 Å². The van der Waals surface area contributed by atoms with Gasteiger partial charge in [0.1, 0.15) is 0 Å². The second-order valence-corrected chi connectivity index (χ2v) is 4.94. The van der Waals surface area contributed by atoms with Crippen molar-refractivity contribution >= 4 is 17.8 Å². The number of piperazine rings is 1. The Morgan fingerprint density at radius 3 is 2.40 bits per heavy atom. The third kappa shape index (κ3) is 3.46. The number of hydrogen-bond donors (Lipinski definition) is 1. The van der Waals surface area contributed by atoms with Gasteiger partial charge in [0.05, 0.1) is 6.10 Å². The van der Waals surface area contributed by atoms with Crippen LogP contribution in [0.3, 0.4) is 0 Å². The summed E-state index contributed by atoms with van der Waals surface area (Å²) in [6, 6.07) is 0.233. The van der Waals surface area contributed by atoms with Crippen molar-refractivity contribution in [1.29, 1.82) is 0 Å². The average molecular weight is 280 g/mol. The van der Waals surface area contributed by atoms with Crippen molar-refractivity contribution in [3.05, 3.63) is 0 Å². The zero-order valence-electron chi connectivity index (χ0n) is 12.0. The largest absolute Gasteiger partial charge is 0.461 e. The van der Waals surface area contributed by atoms with E-state index in [1.165, 1.54) is 0 Å². The number of nitrogens with two attached hydrogens (primary N) is 1. The molecule has 1 aromatic rings. The van der Waals surface area contributed by atoms with Crippen molar-refractivity contribution in [2.75, 3.05) is 36.8 Å². The molecule has 2 heterocycles. The van der Waals surface area contributed by atoms with Crippen LogP contribution in [0.5, 0.6) is 6.01 Å². The molecule has 1 aromatic heterocycles. The predicted molar refractivity (Wildman–Crippen MR) is 74.5 cm³/mol. The molecule has 0 aromatic carbocycles. The fraction of sp³-hybridized carbons (Fsp3) is 0.667. The molecule has 1 saturated heterocycles. The third-order valence-corrected chi connectivity index (χ3v) is 2.97. The first kappa shape index (κ1) is 14.3. The number of carbonyl (C=O) groups excluding carboxylic acids is 1. The lowest BCUT2D eigenvalue weighted by Crippen LogP contribution is -2.48. The van der Waals surface area contributed by atoms with Gasteiger partial charge in [-0.1, -0.05) is 0 Å². The van der Waals surface area contributed by atoms with E-state index in [2.05, 4.69) is 15.0 Å². The van der Waals surface area contributed by atoms with E-state index in [-0.39, 0.29) is 24.0 Å². The highest BCUT2D eigenvalue weighted by atomic mass is 16.5. The van der Waals surface area contributed by atoms with Crippen LogP contribution in [-0.2, 0) is 4.79 Å². The SMILES string of the molecule is CC(=O)N1CCN(c2nc(N)nc(OC(C)C)n2)CC1. The number of ether oxygens (including phenoxy) is 1. The van der Waals surface area contributed by atoms with Crippen LogP contribution in [0.25, 0.3) is 0 Å². The number of carbonyl (C=O) groups is 1. The van der Waals surface area contributed by atoms with Crippen molar-refractivity contribution in [2.24, 2.45) is 0 Å². The Morgan fingerprint density at radius 1 is 1.20 bits per heavy atom. The molecule has 8 nitrogen and oxygen atoms in total. The van der Waals surface area contributed by atoms with Gasteiger partial charge in [-0.2, -0.15) is 15.0 Å². The molecular weight excluding hydrogens is 260 g/mol. The van der Waals surface area contributed by atoms with E-state index in [0.29, 0.717) is 32.1 Å². The lowest BCUT2D eigenvalue weighted by molar-refractivity contribution is -0.129. The maximum absolute atomic E-state index is 11.3. The minimum atomic E-state index is -0.0285. The Balaban J connectivity index is 2.09. The molecule has 2 rings (SSSR count). The minimum absolute atomic E-state index is 0.0285. The molecule has 1 aliphatic heterocycles. The molecule has 1 aliphatic rings. The third-order valence-electron chi connectivity index (χ3n) is 2.97. The summed E-state index contributed by atoms with van der Waals surface area (Å²) in [6.07, 6.45) is -0.0285. The van der Waals surface area contributed by atoms with Gasteiger partial charge in [-0.05, 0) is 13.8 Å². The Morgan fingerprint density at radius 2 is 1.85 bits per heavy atom. The molecule has 0 aliphatic carbocycles. The fourth-order valence-corrected chi connectivity index (χ4v) is 1.99. The van der Waals surface area contributed by atoms with Crippen LogP contribution in [0.2, 0.25) is 0 Å². The second-order valence-electron chi connectivity index (χ2n) is 4.94. The van der Waals surface area contributed by atoms with Crippen LogP contribution in [-0.4, -0.2) is 58.0 Å². The average Bonchev–Trinajstić information content (AvgIpc) is 2.37. The van der Waals surface area contributed by atoms with Gasteiger partial charge in [-0.15, -0.1) is 0 Å². The number of aromatic nitrogens is 3. The summed E-state index contributed by atoms with van der Waals surface area (Å²) < 4.78 is 5.45. The van der Waals surface area contributed by atoms with Crippen molar-refractivity contribution in [2.45, 2.75) is 26.9 Å². The van der Waals surface area contributed by atoms with Gasteiger partial charge >= 0.3 is 6.01 Å². The van der Waals surface area contributed by atoms with Crippen molar-refractivity contribution in [3.8, 4) is 6.01 Å². The van der Waals surface area contributed by atoms with Crippen LogP contribution in [0, 0.1) is 0 Å². The molecular formula is C12H20N6O2. The van der Waals surface area contributed by atoms with Crippen molar-refractivity contribution in [3.63, 3.8) is 0 Å². The van der Waals surface area contributed by atoms with E-state index >= 15 is 0 Å². The highest BCUT2D eigenvalue weighted by molar-refractivity contribution is 5.73. The molecule has 0 atom stereocenters. The summed E-state index contributed by atoms with van der Waals surface area (Å²) in [6.45, 7) is 8.01. The Bertz CT molecular complexity index is 485. The molecule has 0 spiro atoms. The van der Waals surface area contributed by atoms with Crippen LogP contribution in [0.15, 0.2) is 0 Å². The highest BCUT2D eigenvalue weighted by Crippen LogP contribution is 2.16. The van der Waals surface area contributed by atoms with E-state index in [4.69, 9.17) is 10.5 Å². The Labute approximate surface area is 118 Å². The lowest BCUT2D eigenvalue weighted by Gasteiger charge is -2.34. The van der Waals surface area contributed by atoms with Crippen LogP contribution in [0.1, 0.15) is 20.8 Å². The van der Waals surface area contributed by atoms with Gasteiger partial charge in [-0.25, -0.2) is 0 Å². The van der Waals surface area contributed by atoms with Crippen LogP contribution < -0.4 is 15.4 Å². The summed E-state index contributed by atoms with van der Waals surface area (Å²) in [5, 5.41) is 0. The molecule has 0 radical (unpaired) electrons. The Hall–Kier alpha value is -2.12. The highest BCUT2D eigenvalue weighted by Gasteiger charge is 2.21. The topological polar surface area (TPSA) is 97.5 Å². The molecule has 0 saturated carbocycles. The predicted octanol–water partition coefficient (Wildman–Crippen LogP) is -0.0905. The molecule has 1 fully saturated rings. The maximum atomic E-state index is 11.3. The first-order valence-corrected chi connectivity index (χ1v) is 6.64. The van der Waals surface area contributed by atoms with Gasteiger partial charge in [-0.3, -0.25) is 4.79 Å². The normalized spacial score (nSPS) is 15.6. The smallest absolute Gasteiger partial charge is 0.323 e. The van der Waals surface area contributed by atoms with E-state index < -0.39 is 0 Å². The van der Waals surface area contributed by atoms with Crippen LogP contribution in [0.4, 0.5) is 11.9 Å². The fourth-order valence-electron chi connectivity index (χ4n) is 1.99. The number of rotatable bonds is 3. The van der Waals surface area contributed by atoms with Gasteiger partial charge in [0.25, 0.3) is 0 Å². The first-order chi connectivity index (χ1) is 9.45. The van der Waals surface area contributed by atoms with Gasteiger partial charge in [0.2, 0.25) is 17.8 Å². The quantitative estimate of drug-likeness (QED) is 0.826. The summed E-state index contributed by atoms with van der Waals surface area (Å²) in [5.41, 5.74) is 5.68. The van der Waals surface area contributed by atoms with E-state index in [1.54, 1.807) is 11.8 Å². The van der Waals surface area contributed by atoms with Gasteiger partial charge < -0.3 is 20.3 Å². The molecule has 20 heavy (non-hydrogen) atoms. The second kappa shape index (κ2) is 5.89. The number of nitrogen functional groups attached to an aromatic ring is 1. The zero-order chi connectivity index (χ0) is 14.7. The standard InChI is InChI=1S/C12H20N6O2/c1-8(2)20-12-15-10(13)14-11(16-12)18-6-4-17(5-7-18)9(3)19/h8H,4-7H2,1-3H3,(H2,13,14,15,16). The number of nitrogens with zero attached hydrogens (tertiary/aromatic N) is 5. The summed E-state index contributed by atoms with van der Waals surface area (Å²) in [4.78, 5) is 27.4. The van der Waals surface area contributed by atoms with Crippen molar-refractivity contribution < 1.29 is 9.53 Å². The molecule has 0 bridgehead atoms. The lowest BCUT2D eigenvalue weighted by atomic mass is 10.3. The number of amides is 1. The van der Waals surface area contributed by atoms with E-state index in [1.807, 2.05) is 18.7 Å². The van der Waals surface area contributed by atoms with E-state index in [9.17, 15) is 4.79 Å². The number of hydrogen-bond acceptors (Lipinski definition) is 7. The summed E-state index contributed by atoms with van der Waals surface area (Å²) in [5.74, 6) is 0.722. The minimum Gasteiger partial charge on any atom is -0.461 e. The number of anilines is 2. The van der Waals surface area contributed by atoms with E-state index in [0.717, 1.165) is 0 Å². The maximum Gasteiger partial charge on any atom is 0.323 e. The molecule has 2 N–H and O–H groups in total. The molecule has 0 unspecified atom stereocenters. The Kier molecular flexibility index (Phi) is 4.21. The monoisotopic (exact) mass is 280 g/mol. The summed E-state index contributed by atoms with van der Waals surface area (Å²) >= 11 is 0. The van der Waals surface area contributed by atoms with Crippen molar-refractivity contribution in [1.82, 2.24) is 19.9 Å².